The molecule has 1 aromatic carbocycles. The normalized spacial score (nSPS) is 14.9. The number of carbonyl (C=O) groups excluding carboxylic acids is 2. The van der Waals surface area contributed by atoms with Crippen molar-refractivity contribution in [1.82, 2.24) is 5.32 Å². The molecule has 9 heteroatoms. The number of carboxylic acids is 1. The standard InChI is InChI=1S/C11H9N3O6/c15-8-4-13(5-9(16)12-8)7-3-1-2-6(11(17)18)10(7)14(19)20/h1-3H,4-5H2,(H,17,18)(H,12,15,16). The highest BCUT2D eigenvalue weighted by Crippen LogP contribution is 2.32. The first-order chi connectivity index (χ1) is 9.40. The molecule has 2 rings (SSSR count). The first kappa shape index (κ1) is 13.5. The lowest BCUT2D eigenvalue weighted by Crippen LogP contribution is -2.51. The van der Waals surface area contributed by atoms with E-state index in [4.69, 9.17) is 5.11 Å². The van der Waals surface area contributed by atoms with E-state index < -0.39 is 34.0 Å². The van der Waals surface area contributed by atoms with Crippen molar-refractivity contribution in [2.75, 3.05) is 18.0 Å². The molecule has 1 aliphatic heterocycles. The highest BCUT2D eigenvalue weighted by molar-refractivity contribution is 6.04. The number of carboxylic acid groups (broad SMARTS) is 1. The molecule has 0 radical (unpaired) electrons. The Morgan fingerprint density at radius 3 is 2.40 bits per heavy atom. The molecule has 20 heavy (non-hydrogen) atoms. The van der Waals surface area contributed by atoms with E-state index in [1.165, 1.54) is 17.0 Å². The van der Waals surface area contributed by atoms with E-state index >= 15 is 0 Å². The van der Waals surface area contributed by atoms with Gasteiger partial charge in [-0.05, 0) is 12.1 Å². The zero-order valence-corrected chi connectivity index (χ0v) is 10.0. The molecule has 2 amide bonds. The lowest BCUT2D eigenvalue weighted by atomic mass is 10.1. The predicted molar refractivity (Wildman–Crippen MR) is 65.4 cm³/mol. The molecule has 0 unspecified atom stereocenters. The van der Waals surface area contributed by atoms with Gasteiger partial charge in [-0.2, -0.15) is 0 Å². The minimum absolute atomic E-state index is 0.0712. The second kappa shape index (κ2) is 4.96. The molecule has 1 heterocycles. The smallest absolute Gasteiger partial charge is 0.342 e. The maximum atomic E-state index is 11.3. The quantitative estimate of drug-likeness (QED) is 0.443. The summed E-state index contributed by atoms with van der Waals surface area (Å²) in [6, 6.07) is 3.72. The SMILES string of the molecule is O=C1CN(c2cccc(C(=O)O)c2[N+](=O)[O-])CC(=O)N1. The van der Waals surface area contributed by atoms with Crippen molar-refractivity contribution in [3.63, 3.8) is 0 Å². The van der Waals surface area contributed by atoms with Gasteiger partial charge in [0.2, 0.25) is 11.8 Å². The molecule has 1 aromatic rings. The van der Waals surface area contributed by atoms with Crippen LogP contribution in [0.3, 0.4) is 0 Å². The molecule has 1 saturated heterocycles. The van der Waals surface area contributed by atoms with Crippen LogP contribution in [0.25, 0.3) is 0 Å². The average molecular weight is 279 g/mol. The van der Waals surface area contributed by atoms with Gasteiger partial charge in [0, 0.05) is 0 Å². The Balaban J connectivity index is 2.53. The van der Waals surface area contributed by atoms with E-state index in [1.807, 2.05) is 0 Å². The van der Waals surface area contributed by atoms with Gasteiger partial charge in [0.25, 0.3) is 0 Å². The molecule has 0 spiro atoms. The number of anilines is 1. The van der Waals surface area contributed by atoms with Crippen LogP contribution in [0.1, 0.15) is 10.4 Å². The van der Waals surface area contributed by atoms with E-state index in [0.29, 0.717) is 0 Å². The number of carbonyl (C=O) groups is 3. The molecule has 9 nitrogen and oxygen atoms in total. The van der Waals surface area contributed by atoms with Crippen molar-refractivity contribution < 1.29 is 24.4 Å². The number of hydrogen-bond donors (Lipinski definition) is 2. The summed E-state index contributed by atoms with van der Waals surface area (Å²) in [6.07, 6.45) is 0. The summed E-state index contributed by atoms with van der Waals surface area (Å²) in [6.45, 7) is -0.509. The van der Waals surface area contributed by atoms with E-state index in [1.54, 1.807) is 0 Å². The average Bonchev–Trinajstić information content (AvgIpc) is 2.36. The van der Waals surface area contributed by atoms with E-state index in [2.05, 4.69) is 5.32 Å². The molecule has 0 bridgehead atoms. The molecule has 0 aromatic heterocycles. The zero-order chi connectivity index (χ0) is 14.9. The Morgan fingerprint density at radius 2 is 1.90 bits per heavy atom. The summed E-state index contributed by atoms with van der Waals surface area (Å²) in [5.74, 6) is -2.65. The molecule has 2 N–H and O–H groups in total. The van der Waals surface area contributed by atoms with Crippen molar-refractivity contribution in [1.29, 1.82) is 0 Å². The third kappa shape index (κ3) is 2.41. The second-order valence-electron chi connectivity index (χ2n) is 4.06. The van der Waals surface area contributed by atoms with E-state index in [9.17, 15) is 24.5 Å². The first-order valence-electron chi connectivity index (χ1n) is 5.48. The van der Waals surface area contributed by atoms with Crippen LogP contribution in [-0.2, 0) is 9.59 Å². The topological polar surface area (TPSA) is 130 Å². The van der Waals surface area contributed by atoms with E-state index in [-0.39, 0.29) is 18.8 Å². The highest BCUT2D eigenvalue weighted by Gasteiger charge is 2.31. The number of hydrogen-bond acceptors (Lipinski definition) is 6. The molecule has 1 aliphatic rings. The molecule has 0 aliphatic carbocycles. The van der Waals surface area contributed by atoms with Crippen molar-refractivity contribution in [2.45, 2.75) is 0 Å². The summed E-state index contributed by atoms with van der Waals surface area (Å²) < 4.78 is 0. The molecule has 104 valence electrons. The van der Waals surface area contributed by atoms with Gasteiger partial charge < -0.3 is 10.0 Å². The zero-order valence-electron chi connectivity index (χ0n) is 10.0. The van der Waals surface area contributed by atoms with Gasteiger partial charge >= 0.3 is 11.7 Å². The third-order valence-corrected chi connectivity index (χ3v) is 2.72. The number of nitro groups is 1. The lowest BCUT2D eigenvalue weighted by molar-refractivity contribution is -0.384. The number of nitrogens with one attached hydrogen (secondary N) is 1. The fourth-order valence-corrected chi connectivity index (χ4v) is 1.96. The lowest BCUT2D eigenvalue weighted by Gasteiger charge is -2.27. The molecular formula is C11H9N3O6. The fourth-order valence-electron chi connectivity index (χ4n) is 1.96. The fraction of sp³-hybridized carbons (Fsp3) is 0.182. The maximum absolute atomic E-state index is 11.3. The number of para-hydroxylation sites is 1. The van der Waals surface area contributed by atoms with Gasteiger partial charge in [0.1, 0.15) is 11.3 Å². The number of aromatic carboxylic acids is 1. The summed E-state index contributed by atoms with van der Waals surface area (Å²) in [5.41, 5.74) is -1.20. The highest BCUT2D eigenvalue weighted by atomic mass is 16.6. The first-order valence-corrected chi connectivity index (χ1v) is 5.48. The van der Waals surface area contributed by atoms with Crippen LogP contribution in [0.4, 0.5) is 11.4 Å². The van der Waals surface area contributed by atoms with Crippen molar-refractivity contribution in [3.05, 3.63) is 33.9 Å². The van der Waals surface area contributed by atoms with Crippen LogP contribution in [0, 0.1) is 10.1 Å². The van der Waals surface area contributed by atoms with Gasteiger partial charge in [0.15, 0.2) is 0 Å². The maximum Gasteiger partial charge on any atom is 0.342 e. The number of imide groups is 1. The number of nitro benzene ring substituents is 1. The summed E-state index contributed by atoms with van der Waals surface area (Å²) >= 11 is 0. The van der Waals surface area contributed by atoms with E-state index in [0.717, 1.165) is 6.07 Å². The van der Waals surface area contributed by atoms with Gasteiger partial charge in [-0.1, -0.05) is 6.07 Å². The van der Waals surface area contributed by atoms with Gasteiger partial charge in [0.05, 0.1) is 18.0 Å². The van der Waals surface area contributed by atoms with Crippen LogP contribution in [0.5, 0.6) is 0 Å². The second-order valence-corrected chi connectivity index (χ2v) is 4.06. The van der Waals surface area contributed by atoms with Crippen LogP contribution in [0.2, 0.25) is 0 Å². The van der Waals surface area contributed by atoms with Crippen LogP contribution >= 0.6 is 0 Å². The van der Waals surface area contributed by atoms with Crippen LogP contribution in [-0.4, -0.2) is 40.9 Å². The van der Waals surface area contributed by atoms with Gasteiger partial charge in [-0.15, -0.1) is 0 Å². The Morgan fingerprint density at radius 1 is 1.30 bits per heavy atom. The van der Waals surface area contributed by atoms with Crippen molar-refractivity contribution >= 4 is 29.2 Å². The third-order valence-electron chi connectivity index (χ3n) is 2.72. The number of amides is 2. The molecule has 0 atom stereocenters. The van der Waals surface area contributed by atoms with Crippen molar-refractivity contribution in [3.8, 4) is 0 Å². The minimum Gasteiger partial charge on any atom is -0.477 e. The largest absolute Gasteiger partial charge is 0.477 e. The number of nitrogens with zero attached hydrogens (tertiary/aromatic N) is 2. The Hall–Kier alpha value is -2.97. The number of rotatable bonds is 3. The molecule has 0 saturated carbocycles. The summed E-state index contributed by atoms with van der Waals surface area (Å²) in [7, 11) is 0. The Kier molecular flexibility index (Phi) is 3.34. The van der Waals surface area contributed by atoms with Crippen molar-refractivity contribution in [2.24, 2.45) is 0 Å². The monoisotopic (exact) mass is 279 g/mol. The molecule has 1 fully saturated rings. The molecular weight excluding hydrogens is 270 g/mol. The number of benzene rings is 1. The van der Waals surface area contributed by atoms with Gasteiger partial charge in [-0.25, -0.2) is 4.79 Å². The number of piperazine rings is 1. The van der Waals surface area contributed by atoms with Crippen LogP contribution < -0.4 is 10.2 Å². The predicted octanol–water partition coefficient (Wildman–Crippen LogP) is -0.244. The van der Waals surface area contributed by atoms with Crippen LogP contribution in [0.15, 0.2) is 18.2 Å². The summed E-state index contributed by atoms with van der Waals surface area (Å²) in [4.78, 5) is 45.0. The Labute approximate surface area is 111 Å². The summed E-state index contributed by atoms with van der Waals surface area (Å²) in [5, 5.41) is 22.1. The minimum atomic E-state index is -1.45. The Bertz CT molecular complexity index is 611. The van der Waals surface area contributed by atoms with Gasteiger partial charge in [-0.3, -0.25) is 25.0 Å².